The first-order valence-electron chi connectivity index (χ1n) is 18.0. The van der Waals surface area contributed by atoms with Crippen molar-refractivity contribution in [1.82, 2.24) is 45.3 Å². The van der Waals surface area contributed by atoms with Crippen LogP contribution in [0, 0.1) is 0 Å². The molecule has 1 unspecified atom stereocenters. The van der Waals surface area contributed by atoms with E-state index in [1.807, 2.05) is 51.1 Å². The molecular weight excluding hydrogens is 682 g/mol. The van der Waals surface area contributed by atoms with Gasteiger partial charge in [0.1, 0.15) is 23.5 Å². The van der Waals surface area contributed by atoms with E-state index >= 15 is 0 Å². The summed E-state index contributed by atoms with van der Waals surface area (Å²) >= 11 is 0. The van der Waals surface area contributed by atoms with Crippen molar-refractivity contribution in [2.75, 3.05) is 52.4 Å². The molecule has 2 aliphatic rings. The van der Waals surface area contributed by atoms with Gasteiger partial charge in [-0.1, -0.05) is 17.3 Å². The number of aromatic nitrogens is 4. The fraction of sp³-hybridized carbons (Fsp3) is 0.486. The van der Waals surface area contributed by atoms with Gasteiger partial charge in [0.15, 0.2) is 6.10 Å². The van der Waals surface area contributed by atoms with E-state index in [4.69, 9.17) is 9.47 Å². The molecule has 2 atom stereocenters. The highest BCUT2D eigenvalue weighted by atomic mass is 16.6. The Morgan fingerprint density at radius 3 is 2.57 bits per heavy atom. The molecule has 0 saturated carbocycles. The molecule has 3 N–H and O–H groups in total. The Labute approximate surface area is 307 Å². The van der Waals surface area contributed by atoms with E-state index in [-0.39, 0.29) is 19.3 Å². The first-order valence-corrected chi connectivity index (χ1v) is 18.0. The molecule has 16 nitrogen and oxygen atoms in total. The number of fused-ring (bicyclic) bond motifs is 2. The summed E-state index contributed by atoms with van der Waals surface area (Å²) in [5.74, 6) is -0.890. The molecule has 2 saturated heterocycles. The Morgan fingerprint density at radius 2 is 1.77 bits per heavy atom. The third-order valence-electron chi connectivity index (χ3n) is 9.35. The van der Waals surface area contributed by atoms with Crippen LogP contribution in [0.25, 0.3) is 21.9 Å². The number of rotatable bonds is 12. The van der Waals surface area contributed by atoms with Crippen molar-refractivity contribution in [2.24, 2.45) is 0 Å². The average molecular weight is 730 g/mol. The zero-order chi connectivity index (χ0) is 37.5. The van der Waals surface area contributed by atoms with Crippen molar-refractivity contribution in [1.29, 1.82) is 0 Å². The number of piperazine rings is 1. The number of ether oxygens (including phenoxy) is 2. The molecule has 0 bridgehead atoms. The molecule has 6 rings (SSSR count). The van der Waals surface area contributed by atoms with Crippen molar-refractivity contribution < 1.29 is 33.8 Å². The van der Waals surface area contributed by atoms with Crippen LogP contribution >= 0.6 is 0 Å². The number of aliphatic hydroxyl groups is 1. The highest BCUT2D eigenvalue weighted by molar-refractivity contribution is 6.07. The number of benzene rings is 2. The number of amides is 4. The van der Waals surface area contributed by atoms with Crippen LogP contribution in [-0.4, -0.2) is 134 Å². The van der Waals surface area contributed by atoms with Gasteiger partial charge in [0.2, 0.25) is 5.91 Å². The summed E-state index contributed by atoms with van der Waals surface area (Å²) in [6.07, 6.45) is 1.64. The second-order valence-electron chi connectivity index (χ2n) is 14.2. The number of hydrogen-bond acceptors (Lipinski definition) is 11. The van der Waals surface area contributed by atoms with Crippen LogP contribution in [0.4, 0.5) is 4.79 Å². The van der Waals surface area contributed by atoms with Crippen LogP contribution in [0.15, 0.2) is 54.7 Å². The number of nitrogens with zero attached hydrogens (tertiary/aromatic N) is 7. The van der Waals surface area contributed by atoms with Gasteiger partial charge in [-0.3, -0.25) is 24.3 Å². The first-order chi connectivity index (χ1) is 25.5. The third-order valence-corrected chi connectivity index (χ3v) is 9.35. The third kappa shape index (κ3) is 9.37. The fourth-order valence-electron chi connectivity index (χ4n) is 6.62. The number of aliphatic hydroxyl groups excluding tert-OH is 1. The standard InChI is InChI=1S/C37H47N9O7/c1-37(2,3)53-36(51)44-19-17-43(18-20-44)15-7-21-52-25-11-12-28-27(22-25)26(13-14-38-28)34(49)39-23-32(47)45-16-6-10-31(45)33(48)35(50)40-24-46-30-9-5-4-8-29(30)41-42-46/h4-5,8-9,11-14,22,31,33,48H,6-7,10,15-21,23-24H2,1-3H3,(H,39,49)(H,40,50)/t31-,33?/m0/s1. The van der Waals surface area contributed by atoms with Gasteiger partial charge in [-0.2, -0.15) is 0 Å². The van der Waals surface area contributed by atoms with Gasteiger partial charge in [0.25, 0.3) is 11.8 Å². The SMILES string of the molecule is CC(C)(C)OC(=O)N1CCN(CCCOc2ccc3nccc(C(=O)NCC(=O)N4CCC[C@H]4C(O)C(=O)NCn4nnc5ccccc54)c3c2)CC1. The van der Waals surface area contributed by atoms with E-state index in [9.17, 15) is 24.3 Å². The quantitative estimate of drug-likeness (QED) is 0.182. The summed E-state index contributed by atoms with van der Waals surface area (Å²) in [5, 5.41) is 25.0. The first kappa shape index (κ1) is 37.4. The summed E-state index contributed by atoms with van der Waals surface area (Å²) in [6.45, 7) is 9.69. The van der Waals surface area contributed by atoms with Gasteiger partial charge >= 0.3 is 6.09 Å². The maximum absolute atomic E-state index is 13.4. The normalized spacial score (nSPS) is 17.2. The van der Waals surface area contributed by atoms with Gasteiger partial charge in [-0.05, 0) is 76.4 Å². The van der Waals surface area contributed by atoms with E-state index in [0.29, 0.717) is 66.8 Å². The topological polar surface area (TPSA) is 184 Å². The number of likely N-dealkylation sites (tertiary alicyclic amines) is 1. The van der Waals surface area contributed by atoms with Crippen LogP contribution in [-0.2, 0) is 21.0 Å². The van der Waals surface area contributed by atoms with Crippen LogP contribution in [0.3, 0.4) is 0 Å². The molecule has 2 aromatic carbocycles. The van der Waals surface area contributed by atoms with Crippen molar-refractivity contribution in [3.8, 4) is 5.75 Å². The lowest BCUT2D eigenvalue weighted by atomic mass is 10.1. The molecular formula is C37H47N9O7. The lowest BCUT2D eigenvalue weighted by molar-refractivity contribution is -0.139. The highest BCUT2D eigenvalue weighted by Crippen LogP contribution is 2.24. The molecule has 0 radical (unpaired) electrons. The van der Waals surface area contributed by atoms with Crippen LogP contribution in [0.5, 0.6) is 5.75 Å². The van der Waals surface area contributed by atoms with E-state index < -0.39 is 35.5 Å². The van der Waals surface area contributed by atoms with E-state index in [0.717, 1.165) is 31.6 Å². The summed E-state index contributed by atoms with van der Waals surface area (Å²) in [5.41, 5.74) is 1.85. The fourth-order valence-corrected chi connectivity index (χ4v) is 6.62. The second kappa shape index (κ2) is 16.5. The van der Waals surface area contributed by atoms with Gasteiger partial charge in [-0.15, -0.1) is 5.10 Å². The maximum atomic E-state index is 13.4. The Morgan fingerprint density at radius 1 is 0.981 bits per heavy atom. The average Bonchev–Trinajstić information content (AvgIpc) is 3.81. The minimum atomic E-state index is -1.45. The summed E-state index contributed by atoms with van der Waals surface area (Å²) in [4.78, 5) is 61.7. The lowest BCUT2D eigenvalue weighted by Gasteiger charge is -2.35. The number of carbonyl (C=O) groups excluding carboxylic acids is 4. The summed E-state index contributed by atoms with van der Waals surface area (Å²) < 4.78 is 13.0. The van der Waals surface area contributed by atoms with Crippen molar-refractivity contribution in [2.45, 2.75) is 64.4 Å². The number of carbonyl (C=O) groups is 4. The second-order valence-corrected chi connectivity index (χ2v) is 14.2. The minimum absolute atomic E-state index is 0.00998. The number of nitrogens with one attached hydrogen (secondary N) is 2. The predicted octanol–water partition coefficient (Wildman–Crippen LogP) is 2.16. The minimum Gasteiger partial charge on any atom is -0.494 e. The van der Waals surface area contributed by atoms with Crippen LogP contribution in [0.1, 0.15) is 50.4 Å². The molecule has 4 aromatic rings. The highest BCUT2D eigenvalue weighted by Gasteiger charge is 2.37. The Bertz CT molecular complexity index is 1940. The van der Waals surface area contributed by atoms with E-state index in [2.05, 4.69) is 30.8 Å². The van der Waals surface area contributed by atoms with Crippen molar-refractivity contribution >= 4 is 45.8 Å². The zero-order valence-corrected chi connectivity index (χ0v) is 30.4. The molecule has 53 heavy (non-hydrogen) atoms. The molecule has 282 valence electrons. The smallest absolute Gasteiger partial charge is 0.410 e. The Hall–Kier alpha value is -5.35. The lowest BCUT2D eigenvalue weighted by Crippen LogP contribution is -2.51. The molecule has 4 amide bonds. The zero-order valence-electron chi connectivity index (χ0n) is 30.4. The molecule has 0 aliphatic carbocycles. The largest absolute Gasteiger partial charge is 0.494 e. The Kier molecular flexibility index (Phi) is 11.7. The van der Waals surface area contributed by atoms with Gasteiger partial charge in [-0.25, -0.2) is 9.48 Å². The molecule has 0 spiro atoms. The van der Waals surface area contributed by atoms with Gasteiger partial charge < -0.3 is 35.0 Å². The molecule has 2 aliphatic heterocycles. The predicted molar refractivity (Wildman–Crippen MR) is 195 cm³/mol. The number of pyridine rings is 1. The Balaban J connectivity index is 0.967. The van der Waals surface area contributed by atoms with Crippen molar-refractivity contribution in [3.05, 3.63) is 60.3 Å². The van der Waals surface area contributed by atoms with Crippen LogP contribution in [0.2, 0.25) is 0 Å². The summed E-state index contributed by atoms with van der Waals surface area (Å²) in [6, 6.07) is 13.5. The van der Waals surface area contributed by atoms with E-state index in [1.165, 1.54) is 15.8 Å². The monoisotopic (exact) mass is 729 g/mol. The molecule has 2 fully saturated rings. The van der Waals surface area contributed by atoms with E-state index in [1.54, 1.807) is 23.1 Å². The maximum Gasteiger partial charge on any atom is 0.410 e. The van der Waals surface area contributed by atoms with Gasteiger partial charge in [0.05, 0.1) is 35.8 Å². The van der Waals surface area contributed by atoms with Gasteiger partial charge in [0, 0.05) is 50.9 Å². The number of para-hydroxylation sites is 1. The molecule has 4 heterocycles. The molecule has 16 heteroatoms. The number of hydrogen-bond donors (Lipinski definition) is 3. The molecule has 2 aromatic heterocycles. The van der Waals surface area contributed by atoms with Crippen molar-refractivity contribution in [3.63, 3.8) is 0 Å². The van der Waals surface area contributed by atoms with Crippen LogP contribution < -0.4 is 15.4 Å². The summed E-state index contributed by atoms with van der Waals surface area (Å²) in [7, 11) is 0.